The highest BCUT2D eigenvalue weighted by atomic mass is 35.5. The third kappa shape index (κ3) is 9.58. The van der Waals surface area contributed by atoms with E-state index in [0.29, 0.717) is 28.2 Å². The van der Waals surface area contributed by atoms with Crippen molar-refractivity contribution in [3.63, 3.8) is 0 Å². The molecule has 0 unspecified atom stereocenters. The first-order chi connectivity index (χ1) is 19.2. The van der Waals surface area contributed by atoms with E-state index in [0.717, 1.165) is 17.0 Å². The van der Waals surface area contributed by atoms with E-state index in [1.165, 1.54) is 6.08 Å². The summed E-state index contributed by atoms with van der Waals surface area (Å²) in [5.41, 5.74) is 2.10. The summed E-state index contributed by atoms with van der Waals surface area (Å²) in [6.07, 6.45) is 1.43. The fourth-order valence-electron chi connectivity index (χ4n) is 3.52. The van der Waals surface area contributed by atoms with Crippen molar-refractivity contribution in [1.29, 1.82) is 0 Å². The van der Waals surface area contributed by atoms with Crippen LogP contribution in [-0.4, -0.2) is 66.7 Å². The van der Waals surface area contributed by atoms with Crippen LogP contribution in [-0.2, 0) is 25.0 Å². The Kier molecular flexibility index (Phi) is 10.6. The van der Waals surface area contributed by atoms with Crippen LogP contribution in [0.5, 0.6) is 0 Å². The predicted molar refractivity (Wildman–Crippen MR) is 150 cm³/mol. The first-order valence-electron chi connectivity index (χ1n) is 11.3. The van der Waals surface area contributed by atoms with Gasteiger partial charge in [0.05, 0.1) is 22.7 Å². The Balaban J connectivity index is 0.000000850. The number of benzene rings is 2. The maximum absolute atomic E-state index is 12.6. The highest BCUT2D eigenvalue weighted by molar-refractivity contribution is 7.80. The van der Waals surface area contributed by atoms with Crippen LogP contribution in [0.4, 0.5) is 16.5 Å². The quantitative estimate of drug-likeness (QED) is 0.125. The number of azo groups is 1. The van der Waals surface area contributed by atoms with Crippen molar-refractivity contribution in [2.75, 3.05) is 24.6 Å². The molecule has 2 aromatic carbocycles. The number of rotatable bonds is 9. The summed E-state index contributed by atoms with van der Waals surface area (Å²) in [4.78, 5) is 31.6. The first-order valence-corrected chi connectivity index (χ1v) is 15.3. The molecule has 1 aliphatic rings. The number of thiazole rings is 1. The maximum atomic E-state index is 12.6. The maximum Gasteiger partial charge on any atom is 0.397 e. The minimum atomic E-state index is -4.67. The molecule has 18 heteroatoms. The number of anilines is 1. The molecule has 3 N–H and O–H groups in total. The van der Waals surface area contributed by atoms with Gasteiger partial charge in [-0.1, -0.05) is 47.2 Å². The van der Waals surface area contributed by atoms with Gasteiger partial charge >= 0.3 is 20.8 Å². The Morgan fingerprint density at radius 3 is 2.05 bits per heavy atom. The highest BCUT2D eigenvalue weighted by Gasteiger charge is 2.33. The molecule has 0 fully saturated rings. The van der Waals surface area contributed by atoms with E-state index in [2.05, 4.69) is 19.4 Å². The third-order valence-electron chi connectivity index (χ3n) is 5.22. The van der Waals surface area contributed by atoms with Crippen molar-refractivity contribution in [1.82, 2.24) is 4.98 Å². The Hall–Kier alpha value is -3.42. The Morgan fingerprint density at radius 2 is 1.54 bits per heavy atom. The smallest absolute Gasteiger partial charge is 0.369 e. The van der Waals surface area contributed by atoms with Crippen molar-refractivity contribution in [3.8, 4) is 0 Å². The Bertz CT molecular complexity index is 1680. The van der Waals surface area contributed by atoms with Crippen LogP contribution in [0.3, 0.4) is 0 Å². The van der Waals surface area contributed by atoms with E-state index < -0.39 is 20.8 Å². The predicted octanol–water partition coefficient (Wildman–Crippen LogP) is 4.67. The molecule has 3 aromatic rings. The standard InChI is InChI=1S/C23H19ClN4O6S2.H2O4S/c1-2-28(11-12-34-36(31,32)33)15-9-7-14(8-10-15)26-27-23-25-22(24)19(35-23)13-18-20(29)16-5-3-4-6-17(16)21(18)30;1-5(2,3)4/h3-10,13H,2,11-12H2,1H3,(H,31,32,33);(H2,1,2,3,4). The fraction of sp³-hybridized carbons (Fsp3) is 0.174. The highest BCUT2D eigenvalue weighted by Crippen LogP contribution is 2.35. The van der Waals surface area contributed by atoms with Crippen LogP contribution in [0.2, 0.25) is 5.15 Å². The van der Waals surface area contributed by atoms with Crippen LogP contribution < -0.4 is 4.90 Å². The van der Waals surface area contributed by atoms with Gasteiger partial charge in [0.1, 0.15) is 5.15 Å². The van der Waals surface area contributed by atoms with Crippen LogP contribution in [0, 0.1) is 0 Å². The van der Waals surface area contributed by atoms with Gasteiger partial charge in [-0.3, -0.25) is 23.2 Å². The summed E-state index contributed by atoms with van der Waals surface area (Å²) in [6.45, 7) is 2.54. The summed E-state index contributed by atoms with van der Waals surface area (Å²) in [6, 6.07) is 13.6. The molecule has 4 rings (SSSR count). The lowest BCUT2D eigenvalue weighted by Crippen LogP contribution is -2.27. The molecule has 0 radical (unpaired) electrons. The second kappa shape index (κ2) is 13.5. The molecule has 0 saturated heterocycles. The molecule has 0 spiro atoms. The zero-order chi connectivity index (χ0) is 30.4. The summed E-state index contributed by atoms with van der Waals surface area (Å²) in [5, 5.41) is 8.62. The van der Waals surface area contributed by atoms with Crippen molar-refractivity contribution in [2.24, 2.45) is 10.2 Å². The Labute approximate surface area is 243 Å². The number of nitrogens with zero attached hydrogens (tertiary/aromatic N) is 4. The lowest BCUT2D eigenvalue weighted by molar-refractivity contribution is 0.0990. The monoisotopic (exact) mass is 644 g/mol. The van der Waals surface area contributed by atoms with E-state index in [9.17, 15) is 18.0 Å². The van der Waals surface area contributed by atoms with Gasteiger partial charge in [0.2, 0.25) is 5.13 Å². The van der Waals surface area contributed by atoms with E-state index in [-0.39, 0.29) is 40.6 Å². The van der Waals surface area contributed by atoms with Gasteiger partial charge in [-0.2, -0.15) is 16.8 Å². The number of carbonyl (C=O) groups excluding carboxylic acids is 2. The molecular formula is C23H21ClN4O10S3. The topological polar surface area (TPSA) is 213 Å². The number of Topliss-reactive ketones (excluding diaryl/α,β-unsaturated/α-hetero) is 2. The summed E-state index contributed by atoms with van der Waals surface area (Å²) in [7, 11) is -9.15. The van der Waals surface area contributed by atoms with Gasteiger partial charge in [0.25, 0.3) is 0 Å². The molecule has 1 aliphatic carbocycles. The molecule has 14 nitrogen and oxygen atoms in total. The van der Waals surface area contributed by atoms with Crippen LogP contribution in [0.15, 0.2) is 64.3 Å². The number of fused-ring (bicyclic) bond motifs is 1. The molecule has 0 aliphatic heterocycles. The third-order valence-corrected chi connectivity index (χ3v) is 6.97. The first kappa shape index (κ1) is 32.1. The second-order valence-corrected chi connectivity index (χ2v) is 11.3. The number of carbonyl (C=O) groups is 2. The lowest BCUT2D eigenvalue weighted by atomic mass is 10.1. The number of allylic oxidation sites excluding steroid dienone is 1. The normalized spacial score (nSPS) is 13.2. The average molecular weight is 645 g/mol. The minimum Gasteiger partial charge on any atom is -0.369 e. The molecule has 1 heterocycles. The van der Waals surface area contributed by atoms with Gasteiger partial charge in [0, 0.05) is 29.9 Å². The molecule has 0 amide bonds. The van der Waals surface area contributed by atoms with Crippen molar-refractivity contribution in [2.45, 2.75) is 6.92 Å². The molecule has 218 valence electrons. The largest absolute Gasteiger partial charge is 0.397 e. The second-order valence-electron chi connectivity index (χ2n) is 7.91. The fourth-order valence-corrected chi connectivity index (χ4v) is 4.83. The lowest BCUT2D eigenvalue weighted by Gasteiger charge is -2.22. The zero-order valence-corrected chi connectivity index (χ0v) is 24.1. The number of likely N-dealkylation sites (N-methyl/N-ethyl adjacent to an activating group) is 1. The van der Waals surface area contributed by atoms with Crippen molar-refractivity contribution in [3.05, 3.63) is 75.3 Å². The van der Waals surface area contributed by atoms with Crippen LogP contribution >= 0.6 is 22.9 Å². The van der Waals surface area contributed by atoms with Crippen LogP contribution in [0.1, 0.15) is 32.5 Å². The number of ketones is 2. The van der Waals surface area contributed by atoms with Crippen molar-refractivity contribution >= 4 is 77.9 Å². The molecule has 0 atom stereocenters. The number of aromatic nitrogens is 1. The van der Waals surface area contributed by atoms with Gasteiger partial charge < -0.3 is 4.90 Å². The average Bonchev–Trinajstić information content (AvgIpc) is 3.36. The van der Waals surface area contributed by atoms with Gasteiger partial charge in [-0.15, -0.1) is 10.2 Å². The van der Waals surface area contributed by atoms with Crippen molar-refractivity contribution < 1.29 is 44.3 Å². The number of halogens is 1. The number of hydrogen-bond acceptors (Lipinski definition) is 12. The zero-order valence-electron chi connectivity index (χ0n) is 20.9. The minimum absolute atomic E-state index is 0.0308. The van der Waals surface area contributed by atoms with E-state index in [4.69, 9.17) is 33.7 Å². The summed E-state index contributed by atoms with van der Waals surface area (Å²) in [5.74, 6) is -0.706. The van der Waals surface area contributed by atoms with E-state index in [1.807, 2.05) is 11.8 Å². The van der Waals surface area contributed by atoms with Gasteiger partial charge in [-0.05, 0) is 37.3 Å². The van der Waals surface area contributed by atoms with Gasteiger partial charge in [-0.25, -0.2) is 9.17 Å². The summed E-state index contributed by atoms with van der Waals surface area (Å²) < 4.78 is 66.0. The number of hydrogen-bond donors (Lipinski definition) is 3. The molecule has 0 saturated carbocycles. The van der Waals surface area contributed by atoms with E-state index >= 15 is 0 Å². The van der Waals surface area contributed by atoms with E-state index in [1.54, 1.807) is 48.5 Å². The molecule has 0 bridgehead atoms. The SMILES string of the molecule is CCN(CCOS(=O)(=O)O)c1ccc(N=Nc2nc(Cl)c(C=C3C(=O)c4ccccc4C3=O)s2)cc1.O=S(=O)(O)O. The molecular weight excluding hydrogens is 624 g/mol. The van der Waals surface area contributed by atoms with Gasteiger partial charge in [0.15, 0.2) is 11.6 Å². The Morgan fingerprint density at radius 1 is 0.976 bits per heavy atom. The summed E-state index contributed by atoms with van der Waals surface area (Å²) >= 11 is 7.31. The molecule has 1 aromatic heterocycles. The molecule has 41 heavy (non-hydrogen) atoms. The van der Waals surface area contributed by atoms with Crippen LogP contribution in [0.25, 0.3) is 6.08 Å².